The molecule has 0 amide bonds. The van der Waals surface area contributed by atoms with E-state index in [-0.39, 0.29) is 6.04 Å². The van der Waals surface area contributed by atoms with Gasteiger partial charge >= 0.3 is 0 Å². The maximum Gasteiger partial charge on any atom is 0.134 e. The average Bonchev–Trinajstić information content (AvgIpc) is 3.24. The maximum atomic E-state index is 4.45. The van der Waals surface area contributed by atoms with Crippen molar-refractivity contribution in [1.82, 2.24) is 19.7 Å². The molecule has 0 spiro atoms. The van der Waals surface area contributed by atoms with Crippen molar-refractivity contribution in [3.63, 3.8) is 0 Å². The van der Waals surface area contributed by atoms with Gasteiger partial charge in [-0.05, 0) is 49.9 Å². The van der Waals surface area contributed by atoms with Crippen molar-refractivity contribution in [2.75, 3.05) is 23.3 Å². The van der Waals surface area contributed by atoms with E-state index in [1.54, 1.807) is 12.5 Å². The molecule has 1 aliphatic rings. The van der Waals surface area contributed by atoms with Gasteiger partial charge in [-0.1, -0.05) is 12.1 Å². The Hall–Kier alpha value is -2.89. The summed E-state index contributed by atoms with van der Waals surface area (Å²) in [5.41, 5.74) is 2.26. The van der Waals surface area contributed by atoms with Gasteiger partial charge in [0.25, 0.3) is 0 Å². The van der Waals surface area contributed by atoms with Gasteiger partial charge in [-0.2, -0.15) is 5.10 Å². The molecule has 3 heterocycles. The lowest BCUT2D eigenvalue weighted by atomic mass is 10.1. The molecule has 1 saturated heterocycles. The Bertz CT molecular complexity index is 822. The fourth-order valence-corrected chi connectivity index (χ4v) is 3.36. The Morgan fingerprint density at radius 3 is 2.58 bits per heavy atom. The first kappa shape index (κ1) is 16.6. The first-order valence-corrected chi connectivity index (χ1v) is 9.23. The van der Waals surface area contributed by atoms with Gasteiger partial charge in [-0.3, -0.25) is 0 Å². The predicted molar refractivity (Wildman–Crippen MR) is 104 cm³/mol. The summed E-state index contributed by atoms with van der Waals surface area (Å²) >= 11 is 0. The SMILES string of the molecule is CC(Nc1cc(N2CCCCC2)ncn1)c1ccc(-n2cccn2)cc1. The molecule has 0 bridgehead atoms. The molecule has 1 atom stereocenters. The molecule has 1 aliphatic heterocycles. The number of nitrogens with zero attached hydrogens (tertiary/aromatic N) is 5. The largest absolute Gasteiger partial charge is 0.363 e. The van der Waals surface area contributed by atoms with E-state index in [0.717, 1.165) is 30.4 Å². The Labute approximate surface area is 153 Å². The van der Waals surface area contributed by atoms with E-state index in [9.17, 15) is 0 Å². The van der Waals surface area contributed by atoms with Gasteiger partial charge in [-0.15, -0.1) is 0 Å². The molecular formula is C20H24N6. The van der Waals surface area contributed by atoms with Gasteiger partial charge in [0.2, 0.25) is 0 Å². The Kier molecular flexibility index (Phi) is 4.82. The topological polar surface area (TPSA) is 58.9 Å². The van der Waals surface area contributed by atoms with Gasteiger partial charge in [-0.25, -0.2) is 14.6 Å². The fourth-order valence-electron chi connectivity index (χ4n) is 3.36. The summed E-state index contributed by atoms with van der Waals surface area (Å²) in [5.74, 6) is 1.88. The second kappa shape index (κ2) is 7.56. The molecule has 3 aromatic rings. The molecule has 0 radical (unpaired) electrons. The van der Waals surface area contributed by atoms with Crippen LogP contribution in [0, 0.1) is 0 Å². The molecule has 1 N–H and O–H groups in total. The van der Waals surface area contributed by atoms with Gasteiger partial charge in [0.1, 0.15) is 18.0 Å². The summed E-state index contributed by atoms with van der Waals surface area (Å²) in [4.78, 5) is 11.2. The number of hydrogen-bond acceptors (Lipinski definition) is 5. The third-order valence-corrected chi connectivity index (χ3v) is 4.86. The lowest BCUT2D eigenvalue weighted by molar-refractivity contribution is 0.573. The van der Waals surface area contributed by atoms with Crippen LogP contribution in [-0.4, -0.2) is 32.8 Å². The molecule has 134 valence electrons. The van der Waals surface area contributed by atoms with E-state index in [1.165, 1.54) is 24.8 Å². The van der Waals surface area contributed by atoms with E-state index < -0.39 is 0 Å². The summed E-state index contributed by atoms with van der Waals surface area (Å²) in [6, 6.07) is 12.6. The lowest BCUT2D eigenvalue weighted by Crippen LogP contribution is -2.30. The minimum atomic E-state index is 0.158. The van der Waals surface area contributed by atoms with E-state index in [0.29, 0.717) is 0 Å². The van der Waals surface area contributed by atoms with Crippen molar-refractivity contribution < 1.29 is 0 Å². The molecule has 0 saturated carbocycles. The Balaban J connectivity index is 1.45. The van der Waals surface area contributed by atoms with Crippen LogP contribution in [0.4, 0.5) is 11.6 Å². The maximum absolute atomic E-state index is 4.45. The number of aromatic nitrogens is 4. The van der Waals surface area contributed by atoms with E-state index >= 15 is 0 Å². The monoisotopic (exact) mass is 348 g/mol. The van der Waals surface area contributed by atoms with Gasteiger partial charge in [0.05, 0.1) is 5.69 Å². The van der Waals surface area contributed by atoms with Crippen LogP contribution in [0.1, 0.15) is 37.8 Å². The number of piperidine rings is 1. The highest BCUT2D eigenvalue weighted by Gasteiger charge is 2.13. The van der Waals surface area contributed by atoms with Gasteiger partial charge in [0, 0.05) is 37.6 Å². The summed E-state index contributed by atoms with van der Waals surface area (Å²) < 4.78 is 1.86. The second-order valence-electron chi connectivity index (χ2n) is 6.72. The van der Waals surface area contributed by atoms with Crippen molar-refractivity contribution >= 4 is 11.6 Å². The normalized spacial score (nSPS) is 15.7. The molecule has 1 aromatic carbocycles. The molecule has 6 heteroatoms. The summed E-state index contributed by atoms with van der Waals surface area (Å²) in [6.45, 7) is 4.31. The number of rotatable bonds is 5. The summed E-state index contributed by atoms with van der Waals surface area (Å²) in [6.07, 6.45) is 9.18. The van der Waals surface area contributed by atoms with Gasteiger partial charge < -0.3 is 10.2 Å². The molecule has 1 unspecified atom stereocenters. The first-order valence-electron chi connectivity index (χ1n) is 9.23. The van der Waals surface area contributed by atoms with Crippen LogP contribution in [0.3, 0.4) is 0 Å². The predicted octanol–water partition coefficient (Wildman–Crippen LogP) is 3.83. The molecule has 2 aromatic heterocycles. The van der Waals surface area contributed by atoms with E-state index in [4.69, 9.17) is 0 Å². The zero-order chi connectivity index (χ0) is 17.8. The third kappa shape index (κ3) is 3.69. The van der Waals surface area contributed by atoms with Crippen molar-refractivity contribution in [2.24, 2.45) is 0 Å². The Morgan fingerprint density at radius 1 is 1.04 bits per heavy atom. The third-order valence-electron chi connectivity index (χ3n) is 4.86. The standard InChI is InChI=1S/C20H24N6/c1-16(17-6-8-18(9-7-17)26-13-5-10-23-26)24-19-14-20(22-15-21-19)25-11-3-2-4-12-25/h5-10,13-16H,2-4,11-12H2,1H3,(H,21,22,24). The summed E-state index contributed by atoms with van der Waals surface area (Å²) in [5, 5.41) is 7.75. The van der Waals surface area contributed by atoms with Crippen molar-refractivity contribution in [3.05, 3.63) is 60.7 Å². The van der Waals surface area contributed by atoms with Crippen LogP contribution in [-0.2, 0) is 0 Å². The number of anilines is 2. The highest BCUT2D eigenvalue weighted by molar-refractivity contribution is 5.50. The fraction of sp³-hybridized carbons (Fsp3) is 0.350. The van der Waals surface area contributed by atoms with E-state index in [2.05, 4.69) is 62.5 Å². The van der Waals surface area contributed by atoms with Crippen LogP contribution in [0.5, 0.6) is 0 Å². The molecular weight excluding hydrogens is 324 g/mol. The smallest absolute Gasteiger partial charge is 0.134 e. The van der Waals surface area contributed by atoms with Crippen LogP contribution in [0.25, 0.3) is 5.69 Å². The van der Waals surface area contributed by atoms with Crippen LogP contribution in [0.2, 0.25) is 0 Å². The quantitative estimate of drug-likeness (QED) is 0.759. The summed E-state index contributed by atoms with van der Waals surface area (Å²) in [7, 11) is 0. The highest BCUT2D eigenvalue weighted by atomic mass is 15.3. The molecule has 1 fully saturated rings. The average molecular weight is 348 g/mol. The Morgan fingerprint density at radius 2 is 1.85 bits per heavy atom. The van der Waals surface area contributed by atoms with Gasteiger partial charge in [0.15, 0.2) is 0 Å². The molecule has 0 aliphatic carbocycles. The minimum absolute atomic E-state index is 0.158. The molecule has 4 rings (SSSR count). The number of nitrogens with one attached hydrogen (secondary N) is 1. The minimum Gasteiger partial charge on any atom is -0.363 e. The van der Waals surface area contributed by atoms with Crippen LogP contribution < -0.4 is 10.2 Å². The lowest BCUT2D eigenvalue weighted by Gasteiger charge is -2.28. The highest BCUT2D eigenvalue weighted by Crippen LogP contribution is 2.23. The van der Waals surface area contributed by atoms with Crippen molar-refractivity contribution in [3.8, 4) is 5.69 Å². The van der Waals surface area contributed by atoms with Crippen molar-refractivity contribution in [2.45, 2.75) is 32.2 Å². The number of hydrogen-bond donors (Lipinski definition) is 1. The van der Waals surface area contributed by atoms with Crippen molar-refractivity contribution in [1.29, 1.82) is 0 Å². The zero-order valence-electron chi connectivity index (χ0n) is 15.0. The molecule has 6 nitrogen and oxygen atoms in total. The van der Waals surface area contributed by atoms with Crippen LogP contribution in [0.15, 0.2) is 55.1 Å². The zero-order valence-corrected chi connectivity index (χ0v) is 15.0. The second-order valence-corrected chi connectivity index (χ2v) is 6.72. The van der Waals surface area contributed by atoms with Crippen LogP contribution >= 0.6 is 0 Å². The number of benzene rings is 1. The van der Waals surface area contributed by atoms with E-state index in [1.807, 2.05) is 16.9 Å². The molecule has 26 heavy (non-hydrogen) atoms. The first-order chi connectivity index (χ1) is 12.8.